The maximum atomic E-state index is 3.87. The van der Waals surface area contributed by atoms with Crippen molar-refractivity contribution in [2.75, 3.05) is 0 Å². The van der Waals surface area contributed by atoms with Gasteiger partial charge in [-0.25, -0.2) is 0 Å². The van der Waals surface area contributed by atoms with Gasteiger partial charge in [0.1, 0.15) is 0 Å². The third kappa shape index (κ3) is 15.5. The van der Waals surface area contributed by atoms with Gasteiger partial charge in [-0.15, -0.1) is 0 Å². The van der Waals surface area contributed by atoms with Gasteiger partial charge in [-0.3, -0.25) is 0 Å². The number of hydrogen-bond donors (Lipinski definition) is 0. The van der Waals surface area contributed by atoms with E-state index in [0.29, 0.717) is 0 Å². The minimum atomic E-state index is 1.10. The lowest BCUT2D eigenvalue weighted by atomic mass is 10.1. The number of allylic oxidation sites excluding steroid dienone is 4. The Morgan fingerprint density at radius 3 is 1.72 bits per heavy atom. The summed E-state index contributed by atoms with van der Waals surface area (Å²) in [5, 5.41) is 0. The van der Waals surface area contributed by atoms with E-state index in [1.165, 1.54) is 70.6 Å². The zero-order valence-corrected chi connectivity index (χ0v) is 12.5. The molecular weight excluding hydrogens is 216 g/mol. The predicted molar refractivity (Wildman–Crippen MR) is 84.7 cm³/mol. The Labute approximate surface area is 116 Å². The van der Waals surface area contributed by atoms with E-state index in [-0.39, 0.29) is 0 Å². The van der Waals surface area contributed by atoms with Crippen LogP contribution in [0, 0.1) is 6.92 Å². The van der Waals surface area contributed by atoms with Crippen molar-refractivity contribution in [2.45, 2.75) is 84.0 Å². The highest BCUT2D eigenvalue weighted by Crippen LogP contribution is 2.07. The van der Waals surface area contributed by atoms with Crippen molar-refractivity contribution in [3.05, 3.63) is 31.2 Å². The summed E-state index contributed by atoms with van der Waals surface area (Å²) in [5.74, 6) is 0. The van der Waals surface area contributed by atoms with Crippen LogP contribution >= 0.6 is 0 Å². The molecule has 0 aromatic heterocycles. The van der Waals surface area contributed by atoms with Crippen molar-refractivity contribution >= 4 is 0 Å². The first-order valence-electron chi connectivity index (χ1n) is 8.02. The van der Waals surface area contributed by atoms with E-state index in [2.05, 4.69) is 38.2 Å². The Balaban J connectivity index is 3.14. The fourth-order valence-electron chi connectivity index (χ4n) is 2.01. The van der Waals surface area contributed by atoms with Crippen LogP contribution in [0.4, 0.5) is 0 Å². The number of unbranched alkanes of at least 4 members (excludes halogenated alkanes) is 10. The molecule has 0 spiro atoms. The van der Waals surface area contributed by atoms with Gasteiger partial charge in [-0.2, -0.15) is 0 Å². The van der Waals surface area contributed by atoms with Gasteiger partial charge in [0.2, 0.25) is 0 Å². The molecule has 1 radical (unpaired) electrons. The van der Waals surface area contributed by atoms with Crippen LogP contribution < -0.4 is 0 Å². The van der Waals surface area contributed by atoms with Crippen LogP contribution in [0.3, 0.4) is 0 Å². The van der Waals surface area contributed by atoms with E-state index in [9.17, 15) is 0 Å². The Hall–Kier alpha value is -0.520. The van der Waals surface area contributed by atoms with Crippen molar-refractivity contribution in [3.63, 3.8) is 0 Å². The van der Waals surface area contributed by atoms with Gasteiger partial charge >= 0.3 is 0 Å². The zero-order valence-electron chi connectivity index (χ0n) is 12.5. The molecule has 0 unspecified atom stereocenters. The second kappa shape index (κ2) is 16.5. The third-order valence-electron chi connectivity index (χ3n) is 3.23. The molecule has 0 bridgehead atoms. The van der Waals surface area contributed by atoms with Crippen molar-refractivity contribution in [1.82, 2.24) is 0 Å². The Kier molecular flexibility index (Phi) is 16.0. The molecule has 0 saturated heterocycles. The van der Waals surface area contributed by atoms with E-state index in [1.807, 2.05) is 0 Å². The van der Waals surface area contributed by atoms with Crippen LogP contribution in [0.25, 0.3) is 0 Å². The van der Waals surface area contributed by atoms with E-state index >= 15 is 0 Å². The Morgan fingerprint density at radius 2 is 1.17 bits per heavy atom. The van der Waals surface area contributed by atoms with Crippen LogP contribution in [0.5, 0.6) is 0 Å². The molecule has 0 heteroatoms. The van der Waals surface area contributed by atoms with Gasteiger partial charge in [0.25, 0.3) is 0 Å². The normalized spacial score (nSPS) is 11.9. The monoisotopic (exact) mass is 249 g/mol. The van der Waals surface area contributed by atoms with Crippen molar-refractivity contribution in [1.29, 1.82) is 0 Å². The molecule has 0 aliphatic heterocycles. The molecule has 0 aromatic rings. The summed E-state index contributed by atoms with van der Waals surface area (Å²) in [5.41, 5.74) is 0. The van der Waals surface area contributed by atoms with Crippen LogP contribution in [-0.2, 0) is 0 Å². The highest BCUT2D eigenvalue weighted by Gasteiger charge is 1.87. The molecule has 0 aromatic carbocycles. The maximum absolute atomic E-state index is 3.87. The predicted octanol–water partition coefficient (Wildman–Crippen LogP) is 6.63. The van der Waals surface area contributed by atoms with Gasteiger partial charge in [-0.1, -0.05) is 89.5 Å². The molecule has 0 heterocycles. The van der Waals surface area contributed by atoms with E-state index in [4.69, 9.17) is 0 Å². The van der Waals surface area contributed by atoms with Gasteiger partial charge < -0.3 is 0 Å². The summed E-state index contributed by atoms with van der Waals surface area (Å²) in [6.45, 7) is 6.13. The topological polar surface area (TPSA) is 0 Å². The SMILES string of the molecule is [CH2]CCCCCCC/C=C\C=C\CCCCCC. The molecule has 0 aliphatic carbocycles. The lowest BCUT2D eigenvalue weighted by Gasteiger charge is -1.97. The average Bonchev–Trinajstić information content (AvgIpc) is 2.39. The number of rotatable bonds is 13. The second-order valence-corrected chi connectivity index (χ2v) is 5.12. The van der Waals surface area contributed by atoms with Crippen LogP contribution in [0.1, 0.15) is 84.0 Å². The molecule has 0 amide bonds. The van der Waals surface area contributed by atoms with E-state index in [1.54, 1.807) is 0 Å². The Morgan fingerprint density at radius 1 is 0.667 bits per heavy atom. The molecule has 0 fully saturated rings. The highest BCUT2D eigenvalue weighted by molar-refractivity contribution is 5.02. The number of hydrogen-bond acceptors (Lipinski definition) is 0. The lowest BCUT2D eigenvalue weighted by Crippen LogP contribution is -1.77. The van der Waals surface area contributed by atoms with Crippen LogP contribution in [-0.4, -0.2) is 0 Å². The summed E-state index contributed by atoms with van der Waals surface area (Å²) < 4.78 is 0. The summed E-state index contributed by atoms with van der Waals surface area (Å²) in [4.78, 5) is 0. The first-order valence-corrected chi connectivity index (χ1v) is 8.02. The van der Waals surface area contributed by atoms with Crippen LogP contribution in [0.15, 0.2) is 24.3 Å². The van der Waals surface area contributed by atoms with Gasteiger partial charge in [0, 0.05) is 0 Å². The summed E-state index contributed by atoms with van der Waals surface area (Å²) in [6.07, 6.45) is 24.9. The van der Waals surface area contributed by atoms with Crippen molar-refractivity contribution in [2.24, 2.45) is 0 Å². The van der Waals surface area contributed by atoms with Crippen molar-refractivity contribution < 1.29 is 0 Å². The molecule has 18 heavy (non-hydrogen) atoms. The standard InChI is InChI=1S/C18H33/c1-3-5-7-9-11-13-15-17-18-16-14-12-10-8-6-4-2/h14,16-18H,1,3-13,15H2,2H3/b16-14+,18-17-. The van der Waals surface area contributed by atoms with Crippen molar-refractivity contribution in [3.8, 4) is 0 Å². The molecule has 105 valence electrons. The fraction of sp³-hybridized carbons (Fsp3) is 0.722. The first kappa shape index (κ1) is 17.5. The molecule has 0 aliphatic rings. The van der Waals surface area contributed by atoms with E-state index < -0.39 is 0 Å². The molecule has 0 rings (SSSR count). The lowest BCUT2D eigenvalue weighted by molar-refractivity contribution is 0.621. The average molecular weight is 249 g/mol. The maximum Gasteiger partial charge on any atom is -0.0348 e. The molecule has 0 atom stereocenters. The summed E-state index contributed by atoms with van der Waals surface area (Å²) in [7, 11) is 0. The quantitative estimate of drug-likeness (QED) is 0.254. The molecule has 0 N–H and O–H groups in total. The fourth-order valence-corrected chi connectivity index (χ4v) is 2.01. The smallest absolute Gasteiger partial charge is 0.0348 e. The minimum Gasteiger partial charge on any atom is -0.0845 e. The first-order chi connectivity index (χ1) is 8.91. The van der Waals surface area contributed by atoms with Gasteiger partial charge in [0.05, 0.1) is 0 Å². The van der Waals surface area contributed by atoms with Crippen LogP contribution in [0.2, 0.25) is 0 Å². The van der Waals surface area contributed by atoms with E-state index in [0.717, 1.165) is 6.42 Å². The summed E-state index contributed by atoms with van der Waals surface area (Å²) >= 11 is 0. The third-order valence-corrected chi connectivity index (χ3v) is 3.23. The largest absolute Gasteiger partial charge is 0.0845 e. The zero-order chi connectivity index (χ0) is 13.3. The van der Waals surface area contributed by atoms with Gasteiger partial charge in [-0.05, 0) is 25.7 Å². The minimum absolute atomic E-state index is 1.10. The second-order valence-electron chi connectivity index (χ2n) is 5.12. The molecular formula is C18H33. The van der Waals surface area contributed by atoms with Gasteiger partial charge in [0.15, 0.2) is 0 Å². The summed E-state index contributed by atoms with van der Waals surface area (Å²) in [6, 6.07) is 0. The Bertz CT molecular complexity index is 188. The highest BCUT2D eigenvalue weighted by atomic mass is 13.9. The molecule has 0 saturated carbocycles. The molecule has 0 nitrogen and oxygen atoms in total.